The maximum atomic E-state index is 12.0. The summed E-state index contributed by atoms with van der Waals surface area (Å²) in [6.07, 6.45) is 2.09. The van der Waals surface area contributed by atoms with Crippen LogP contribution in [0.2, 0.25) is 0 Å². The molecule has 1 fully saturated rings. The van der Waals surface area contributed by atoms with Crippen molar-refractivity contribution in [2.75, 3.05) is 25.0 Å². The number of amides is 2. The number of thiophene rings is 1. The van der Waals surface area contributed by atoms with Crippen molar-refractivity contribution in [3.05, 3.63) is 52.2 Å². The molecule has 2 heterocycles. The van der Waals surface area contributed by atoms with Crippen molar-refractivity contribution in [3.63, 3.8) is 0 Å². The zero-order chi connectivity index (χ0) is 18.4. The van der Waals surface area contributed by atoms with Crippen LogP contribution in [-0.2, 0) is 16.1 Å². The van der Waals surface area contributed by atoms with E-state index in [4.69, 9.17) is 0 Å². The van der Waals surface area contributed by atoms with E-state index in [-0.39, 0.29) is 0 Å². The maximum Gasteiger partial charge on any atom is 0.313 e. The third-order valence-electron chi connectivity index (χ3n) is 4.84. The van der Waals surface area contributed by atoms with Gasteiger partial charge < -0.3 is 10.6 Å². The van der Waals surface area contributed by atoms with Gasteiger partial charge in [-0.2, -0.15) is 11.3 Å². The van der Waals surface area contributed by atoms with Crippen molar-refractivity contribution in [3.8, 4) is 0 Å². The molecule has 0 saturated carbocycles. The fourth-order valence-corrected chi connectivity index (χ4v) is 3.86. The number of benzene rings is 1. The minimum Gasteiger partial charge on any atom is -0.348 e. The van der Waals surface area contributed by atoms with Gasteiger partial charge in [0.05, 0.1) is 0 Å². The van der Waals surface area contributed by atoms with E-state index in [1.165, 1.54) is 5.56 Å². The van der Waals surface area contributed by atoms with Gasteiger partial charge >= 0.3 is 11.8 Å². The number of carbonyl (C=O) groups is 2. The van der Waals surface area contributed by atoms with Crippen LogP contribution in [-0.4, -0.2) is 36.3 Å². The SMILES string of the molecule is Cc1ccccc1NC(=O)C(=O)NCC1CCN(Cc2ccsc2)CC1. The van der Waals surface area contributed by atoms with Gasteiger partial charge in [0.25, 0.3) is 0 Å². The summed E-state index contributed by atoms with van der Waals surface area (Å²) in [5.74, 6) is -0.730. The minimum absolute atomic E-state index is 0.434. The van der Waals surface area contributed by atoms with Crippen molar-refractivity contribution in [2.45, 2.75) is 26.3 Å². The van der Waals surface area contributed by atoms with Crippen LogP contribution < -0.4 is 10.6 Å². The highest BCUT2D eigenvalue weighted by atomic mass is 32.1. The van der Waals surface area contributed by atoms with Crippen LogP contribution >= 0.6 is 11.3 Å². The Labute approximate surface area is 158 Å². The first-order valence-corrected chi connectivity index (χ1v) is 9.94. The van der Waals surface area contributed by atoms with Gasteiger partial charge in [-0.1, -0.05) is 18.2 Å². The first-order valence-electron chi connectivity index (χ1n) is 9.00. The Morgan fingerprint density at radius 2 is 1.92 bits per heavy atom. The number of nitrogens with zero attached hydrogens (tertiary/aromatic N) is 1. The van der Waals surface area contributed by atoms with Crippen molar-refractivity contribution in [2.24, 2.45) is 5.92 Å². The van der Waals surface area contributed by atoms with Gasteiger partial charge in [-0.15, -0.1) is 0 Å². The maximum absolute atomic E-state index is 12.0. The Morgan fingerprint density at radius 1 is 1.15 bits per heavy atom. The fourth-order valence-electron chi connectivity index (χ4n) is 3.20. The molecule has 3 rings (SSSR count). The van der Waals surface area contributed by atoms with Crippen molar-refractivity contribution in [1.29, 1.82) is 0 Å². The summed E-state index contributed by atoms with van der Waals surface area (Å²) in [5.41, 5.74) is 2.98. The molecule has 1 aromatic carbocycles. The lowest BCUT2D eigenvalue weighted by Crippen LogP contribution is -2.41. The van der Waals surface area contributed by atoms with Crippen LogP contribution in [0, 0.1) is 12.8 Å². The molecule has 2 aromatic rings. The third kappa shape index (κ3) is 5.16. The predicted octanol–water partition coefficient (Wildman–Crippen LogP) is 3.02. The van der Waals surface area contributed by atoms with E-state index in [1.54, 1.807) is 17.4 Å². The fraction of sp³-hybridized carbons (Fsp3) is 0.400. The predicted molar refractivity (Wildman–Crippen MR) is 105 cm³/mol. The topological polar surface area (TPSA) is 61.4 Å². The lowest BCUT2D eigenvalue weighted by Gasteiger charge is -2.31. The molecule has 26 heavy (non-hydrogen) atoms. The average molecular weight is 372 g/mol. The molecule has 0 unspecified atom stereocenters. The Bertz CT molecular complexity index is 737. The van der Waals surface area contributed by atoms with E-state index in [0.717, 1.165) is 38.0 Å². The second-order valence-corrected chi connectivity index (χ2v) is 7.61. The van der Waals surface area contributed by atoms with Crippen molar-refractivity contribution in [1.82, 2.24) is 10.2 Å². The van der Waals surface area contributed by atoms with E-state index in [9.17, 15) is 9.59 Å². The number of anilines is 1. The van der Waals surface area contributed by atoms with E-state index in [1.807, 2.05) is 25.1 Å². The summed E-state index contributed by atoms with van der Waals surface area (Å²) in [6.45, 7) is 5.53. The number of aryl methyl sites for hydroxylation is 1. The van der Waals surface area contributed by atoms with E-state index in [2.05, 4.69) is 32.4 Å². The summed E-state index contributed by atoms with van der Waals surface area (Å²) in [4.78, 5) is 26.5. The lowest BCUT2D eigenvalue weighted by molar-refractivity contribution is -0.136. The van der Waals surface area contributed by atoms with Crippen LogP contribution in [0.25, 0.3) is 0 Å². The number of carbonyl (C=O) groups excluding carboxylic acids is 2. The van der Waals surface area contributed by atoms with E-state index in [0.29, 0.717) is 18.2 Å². The molecule has 1 aromatic heterocycles. The Morgan fingerprint density at radius 3 is 2.62 bits per heavy atom. The largest absolute Gasteiger partial charge is 0.348 e. The molecule has 0 bridgehead atoms. The zero-order valence-corrected chi connectivity index (χ0v) is 15.8. The molecule has 1 aliphatic rings. The van der Waals surface area contributed by atoms with Gasteiger partial charge in [-0.05, 0) is 72.8 Å². The van der Waals surface area contributed by atoms with Gasteiger partial charge in [0.15, 0.2) is 0 Å². The van der Waals surface area contributed by atoms with Gasteiger partial charge in [-0.25, -0.2) is 0 Å². The molecule has 0 radical (unpaired) electrons. The molecule has 1 saturated heterocycles. The van der Waals surface area contributed by atoms with Crippen LogP contribution in [0.5, 0.6) is 0 Å². The minimum atomic E-state index is -0.603. The second-order valence-electron chi connectivity index (χ2n) is 6.83. The van der Waals surface area contributed by atoms with Crippen molar-refractivity contribution >= 4 is 28.8 Å². The molecule has 6 heteroatoms. The number of nitrogens with one attached hydrogen (secondary N) is 2. The highest BCUT2D eigenvalue weighted by Gasteiger charge is 2.21. The Balaban J connectivity index is 1.38. The molecule has 138 valence electrons. The van der Waals surface area contributed by atoms with E-state index < -0.39 is 11.8 Å². The number of hydrogen-bond donors (Lipinski definition) is 2. The van der Waals surface area contributed by atoms with E-state index >= 15 is 0 Å². The summed E-state index contributed by atoms with van der Waals surface area (Å²) in [7, 11) is 0. The first kappa shape index (κ1) is 18.6. The molecule has 2 amide bonds. The molecular formula is C20H25N3O2S. The molecule has 0 atom stereocenters. The standard InChI is InChI=1S/C20H25N3O2S/c1-15-4-2-3-5-18(15)22-20(25)19(24)21-12-16-6-9-23(10-7-16)13-17-8-11-26-14-17/h2-5,8,11,14,16H,6-7,9-10,12-13H2,1H3,(H,21,24)(H,22,25). The van der Waals surface area contributed by atoms with Gasteiger partial charge in [-0.3, -0.25) is 14.5 Å². The van der Waals surface area contributed by atoms with Crippen molar-refractivity contribution < 1.29 is 9.59 Å². The molecule has 2 N–H and O–H groups in total. The highest BCUT2D eigenvalue weighted by molar-refractivity contribution is 7.07. The normalized spacial score (nSPS) is 15.6. The summed E-state index contributed by atoms with van der Waals surface area (Å²) >= 11 is 1.73. The van der Waals surface area contributed by atoms with Gasteiger partial charge in [0, 0.05) is 18.8 Å². The van der Waals surface area contributed by atoms with Crippen LogP contribution in [0.1, 0.15) is 24.0 Å². The third-order valence-corrected chi connectivity index (χ3v) is 5.58. The summed E-state index contributed by atoms with van der Waals surface area (Å²) in [6, 6.07) is 9.60. The average Bonchev–Trinajstić information content (AvgIpc) is 3.16. The lowest BCUT2D eigenvalue weighted by atomic mass is 9.96. The number of para-hydroxylation sites is 1. The number of rotatable bonds is 5. The molecule has 0 spiro atoms. The van der Waals surface area contributed by atoms with Crippen LogP contribution in [0.4, 0.5) is 5.69 Å². The zero-order valence-electron chi connectivity index (χ0n) is 15.0. The van der Waals surface area contributed by atoms with Crippen LogP contribution in [0.3, 0.4) is 0 Å². The van der Waals surface area contributed by atoms with Gasteiger partial charge in [0.1, 0.15) is 0 Å². The molecule has 5 nitrogen and oxygen atoms in total. The molecule has 1 aliphatic heterocycles. The number of hydrogen-bond acceptors (Lipinski definition) is 4. The molecule has 0 aliphatic carbocycles. The second kappa shape index (κ2) is 8.96. The quantitative estimate of drug-likeness (QED) is 0.794. The number of piperidine rings is 1. The summed E-state index contributed by atoms with van der Waals surface area (Å²) in [5, 5.41) is 9.76. The monoisotopic (exact) mass is 371 g/mol. The first-order chi connectivity index (χ1) is 12.6. The Hall–Kier alpha value is -2.18. The number of likely N-dealkylation sites (tertiary alicyclic amines) is 1. The van der Waals surface area contributed by atoms with Gasteiger partial charge in [0.2, 0.25) is 0 Å². The highest BCUT2D eigenvalue weighted by Crippen LogP contribution is 2.19. The smallest absolute Gasteiger partial charge is 0.313 e. The van der Waals surface area contributed by atoms with Crippen LogP contribution in [0.15, 0.2) is 41.1 Å². The summed E-state index contributed by atoms with van der Waals surface area (Å²) < 4.78 is 0. The molecular weight excluding hydrogens is 346 g/mol. The Kier molecular flexibility index (Phi) is 6.41.